The Morgan fingerprint density at radius 1 is 1.00 bits per heavy atom. The van der Waals surface area contributed by atoms with Crippen molar-refractivity contribution in [2.45, 2.75) is 33.7 Å². The number of carbonyl (C=O) groups is 4. The van der Waals surface area contributed by atoms with E-state index in [-0.39, 0.29) is 18.4 Å². The molecule has 0 radical (unpaired) electrons. The number of urea groups is 1. The molecule has 28 heavy (non-hydrogen) atoms. The number of nitrogens with zero attached hydrogens (tertiary/aromatic N) is 3. The van der Waals surface area contributed by atoms with Gasteiger partial charge in [-0.2, -0.15) is 0 Å². The summed E-state index contributed by atoms with van der Waals surface area (Å²) >= 11 is 0. The monoisotopic (exact) mass is 381 g/mol. The van der Waals surface area contributed by atoms with Crippen LogP contribution in [0.15, 0.2) is 36.4 Å². The molecule has 4 amide bonds. The Labute approximate surface area is 163 Å². The van der Waals surface area contributed by atoms with Crippen LogP contribution in [0.5, 0.6) is 0 Å². The molecule has 0 aliphatic carbocycles. The number of ketones is 1. The van der Waals surface area contributed by atoms with Crippen molar-refractivity contribution in [2.24, 2.45) is 0 Å². The number of hydrogen-bond donors (Lipinski definition) is 0. The summed E-state index contributed by atoms with van der Waals surface area (Å²) in [5.74, 6) is -2.21. The number of aromatic nitrogens is 1. The maximum Gasteiger partial charge on any atom is 0.334 e. The maximum absolute atomic E-state index is 12.8. The molecule has 1 aromatic carbocycles. The summed E-state index contributed by atoms with van der Waals surface area (Å²) in [7, 11) is 0. The minimum absolute atomic E-state index is 0.0231. The van der Waals surface area contributed by atoms with Gasteiger partial charge in [0.25, 0.3) is 0 Å². The van der Waals surface area contributed by atoms with Gasteiger partial charge in [0.2, 0.25) is 0 Å². The van der Waals surface area contributed by atoms with E-state index in [4.69, 9.17) is 0 Å². The highest BCUT2D eigenvalue weighted by Crippen LogP contribution is 2.26. The Morgan fingerprint density at radius 2 is 1.61 bits per heavy atom. The summed E-state index contributed by atoms with van der Waals surface area (Å²) < 4.78 is 2.06. The lowest BCUT2D eigenvalue weighted by Crippen LogP contribution is -2.37. The number of amides is 4. The summed E-state index contributed by atoms with van der Waals surface area (Å²) in [6.07, 6.45) is 0. The van der Waals surface area contributed by atoms with Gasteiger partial charge in [-0.25, -0.2) is 9.69 Å². The second kappa shape index (κ2) is 7.42. The first-order valence-electron chi connectivity index (χ1n) is 9.21. The van der Waals surface area contributed by atoms with Gasteiger partial charge in [-0.15, -0.1) is 0 Å². The third kappa shape index (κ3) is 3.13. The molecule has 0 saturated carbocycles. The van der Waals surface area contributed by atoms with Crippen molar-refractivity contribution in [3.05, 3.63) is 58.9 Å². The van der Waals surface area contributed by atoms with E-state index in [9.17, 15) is 19.2 Å². The van der Waals surface area contributed by atoms with Gasteiger partial charge in [-0.1, -0.05) is 30.3 Å². The van der Waals surface area contributed by atoms with Gasteiger partial charge in [0, 0.05) is 23.5 Å². The molecule has 146 valence electrons. The fourth-order valence-corrected chi connectivity index (χ4v) is 3.73. The molecule has 1 fully saturated rings. The SMILES string of the molecule is CCN1C(=O)C(=O)N(CC(=O)c2cc(C)n([C@H](C)c3ccccc3)c2C)C1=O. The van der Waals surface area contributed by atoms with Gasteiger partial charge >= 0.3 is 17.8 Å². The minimum atomic E-state index is -0.952. The average molecular weight is 381 g/mol. The molecule has 1 aromatic heterocycles. The highest BCUT2D eigenvalue weighted by atomic mass is 16.2. The van der Waals surface area contributed by atoms with Crippen molar-refractivity contribution in [2.75, 3.05) is 13.1 Å². The van der Waals surface area contributed by atoms with E-state index in [1.165, 1.54) is 0 Å². The van der Waals surface area contributed by atoms with Crippen molar-refractivity contribution < 1.29 is 19.2 Å². The lowest BCUT2D eigenvalue weighted by Gasteiger charge is -2.19. The largest absolute Gasteiger partial charge is 0.341 e. The van der Waals surface area contributed by atoms with Gasteiger partial charge in [-0.3, -0.25) is 19.3 Å². The zero-order valence-electron chi connectivity index (χ0n) is 16.4. The van der Waals surface area contributed by atoms with Gasteiger partial charge < -0.3 is 4.57 Å². The van der Waals surface area contributed by atoms with Crippen LogP contribution in [0.3, 0.4) is 0 Å². The average Bonchev–Trinajstić information content (AvgIpc) is 3.09. The van der Waals surface area contributed by atoms with Crippen LogP contribution in [0.1, 0.15) is 47.2 Å². The zero-order chi connectivity index (χ0) is 20.6. The number of imide groups is 2. The fraction of sp³-hybridized carbons (Fsp3) is 0.333. The van der Waals surface area contributed by atoms with E-state index >= 15 is 0 Å². The fourth-order valence-electron chi connectivity index (χ4n) is 3.73. The molecular formula is C21H23N3O4. The minimum Gasteiger partial charge on any atom is -0.341 e. The first-order valence-corrected chi connectivity index (χ1v) is 9.21. The Kier molecular flexibility index (Phi) is 5.18. The summed E-state index contributed by atoms with van der Waals surface area (Å²) in [6, 6.07) is 11.0. The number of Topliss-reactive ketones (excluding diaryl/α,β-unsaturated/α-hetero) is 1. The molecular weight excluding hydrogens is 358 g/mol. The van der Waals surface area contributed by atoms with Crippen LogP contribution in [0.4, 0.5) is 4.79 Å². The predicted octanol–water partition coefficient (Wildman–Crippen LogP) is 2.71. The zero-order valence-corrected chi connectivity index (χ0v) is 16.4. The number of likely N-dealkylation sites (N-methyl/N-ethyl adjacent to an activating group) is 1. The lowest BCUT2D eigenvalue weighted by atomic mass is 10.1. The number of benzene rings is 1. The number of rotatable bonds is 6. The molecule has 1 aliphatic heterocycles. The van der Waals surface area contributed by atoms with Gasteiger partial charge in [-0.05, 0) is 39.3 Å². The van der Waals surface area contributed by atoms with E-state index in [0.29, 0.717) is 5.56 Å². The van der Waals surface area contributed by atoms with E-state index in [1.54, 1.807) is 13.0 Å². The second-order valence-electron chi connectivity index (χ2n) is 6.89. The molecule has 0 bridgehead atoms. The molecule has 3 rings (SSSR count). The highest BCUT2D eigenvalue weighted by Gasteiger charge is 2.44. The Morgan fingerprint density at radius 3 is 2.18 bits per heavy atom. The van der Waals surface area contributed by atoms with Crippen molar-refractivity contribution in [3.63, 3.8) is 0 Å². The van der Waals surface area contributed by atoms with Crippen molar-refractivity contribution in [3.8, 4) is 0 Å². The van der Waals surface area contributed by atoms with Crippen LogP contribution < -0.4 is 0 Å². The van der Waals surface area contributed by atoms with Crippen molar-refractivity contribution >= 4 is 23.6 Å². The summed E-state index contributed by atoms with van der Waals surface area (Å²) in [6.45, 7) is 7.07. The van der Waals surface area contributed by atoms with Crippen LogP contribution >= 0.6 is 0 Å². The summed E-state index contributed by atoms with van der Waals surface area (Å²) in [5.41, 5.74) is 3.22. The quantitative estimate of drug-likeness (QED) is 0.438. The first kappa shape index (κ1) is 19.5. The van der Waals surface area contributed by atoms with Crippen molar-refractivity contribution in [1.82, 2.24) is 14.4 Å². The summed E-state index contributed by atoms with van der Waals surface area (Å²) in [4.78, 5) is 50.5. The molecule has 1 aliphatic rings. The molecule has 7 heteroatoms. The van der Waals surface area contributed by atoms with E-state index < -0.39 is 24.4 Å². The summed E-state index contributed by atoms with van der Waals surface area (Å²) in [5, 5.41) is 0. The van der Waals surface area contributed by atoms with E-state index in [2.05, 4.69) is 11.5 Å². The van der Waals surface area contributed by atoms with E-state index in [1.807, 2.05) is 44.2 Å². The standard InChI is InChI=1S/C21H23N3O4/c1-5-22-19(26)20(27)23(21(22)28)12-18(25)17-11-13(2)24(15(17)4)14(3)16-9-7-6-8-10-16/h6-11,14H,5,12H2,1-4H3/t14-/m1/s1. The van der Waals surface area contributed by atoms with Crippen LogP contribution in [-0.4, -0.2) is 51.1 Å². The highest BCUT2D eigenvalue weighted by molar-refractivity contribution is 6.45. The normalized spacial score (nSPS) is 15.5. The lowest BCUT2D eigenvalue weighted by molar-refractivity contribution is -0.143. The van der Waals surface area contributed by atoms with Crippen LogP contribution in [0.2, 0.25) is 0 Å². The van der Waals surface area contributed by atoms with Crippen LogP contribution in [-0.2, 0) is 9.59 Å². The number of carbonyl (C=O) groups excluding carboxylic acids is 4. The molecule has 1 saturated heterocycles. The van der Waals surface area contributed by atoms with Gasteiger partial charge in [0.05, 0.1) is 12.6 Å². The molecule has 1 atom stereocenters. The van der Waals surface area contributed by atoms with Gasteiger partial charge in [0.15, 0.2) is 5.78 Å². The molecule has 2 aromatic rings. The molecule has 7 nitrogen and oxygen atoms in total. The van der Waals surface area contributed by atoms with Crippen LogP contribution in [0.25, 0.3) is 0 Å². The number of hydrogen-bond acceptors (Lipinski definition) is 4. The second-order valence-corrected chi connectivity index (χ2v) is 6.89. The Balaban J connectivity index is 1.87. The van der Waals surface area contributed by atoms with Crippen LogP contribution in [0, 0.1) is 13.8 Å². The van der Waals surface area contributed by atoms with Crippen molar-refractivity contribution in [1.29, 1.82) is 0 Å². The Bertz CT molecular complexity index is 962. The van der Waals surface area contributed by atoms with E-state index in [0.717, 1.165) is 26.8 Å². The maximum atomic E-state index is 12.8. The first-order chi connectivity index (χ1) is 13.3. The molecule has 2 heterocycles. The Hall–Kier alpha value is -3.22. The predicted molar refractivity (Wildman–Crippen MR) is 103 cm³/mol. The smallest absolute Gasteiger partial charge is 0.334 e. The molecule has 0 unspecified atom stereocenters. The molecule has 0 N–H and O–H groups in total. The van der Waals surface area contributed by atoms with Gasteiger partial charge in [0.1, 0.15) is 0 Å². The third-order valence-electron chi connectivity index (χ3n) is 5.21. The number of aryl methyl sites for hydroxylation is 1. The topological polar surface area (TPSA) is 79.7 Å². The third-order valence-corrected chi connectivity index (χ3v) is 5.21. The molecule has 0 spiro atoms.